The number of fused-ring (bicyclic) bond motifs is 1. The van der Waals surface area contributed by atoms with Crippen molar-refractivity contribution >= 4 is 16.9 Å². The second-order valence-electron chi connectivity index (χ2n) is 6.10. The first-order valence-electron chi connectivity index (χ1n) is 8.12. The number of hydrogen-bond acceptors (Lipinski definition) is 3. The van der Waals surface area contributed by atoms with E-state index in [0.717, 1.165) is 42.2 Å². The normalized spacial score (nSPS) is 14.4. The van der Waals surface area contributed by atoms with Crippen LogP contribution < -0.4 is 10.6 Å². The number of imidazole rings is 1. The van der Waals surface area contributed by atoms with E-state index in [4.69, 9.17) is 0 Å². The van der Waals surface area contributed by atoms with Crippen LogP contribution in [0.25, 0.3) is 11.0 Å². The van der Waals surface area contributed by atoms with E-state index >= 15 is 0 Å². The molecule has 1 amide bonds. The lowest BCUT2D eigenvalue weighted by atomic mass is 10.3. The van der Waals surface area contributed by atoms with E-state index in [1.807, 2.05) is 25.2 Å². The fourth-order valence-corrected chi connectivity index (χ4v) is 2.67. The third kappa shape index (κ3) is 3.85. The van der Waals surface area contributed by atoms with Crippen molar-refractivity contribution in [3.05, 3.63) is 30.1 Å². The van der Waals surface area contributed by atoms with Gasteiger partial charge in [0.15, 0.2) is 0 Å². The van der Waals surface area contributed by atoms with Gasteiger partial charge in [-0.05, 0) is 43.9 Å². The summed E-state index contributed by atoms with van der Waals surface area (Å²) < 4.78 is 2.13. The van der Waals surface area contributed by atoms with Crippen LogP contribution in [0.2, 0.25) is 0 Å². The van der Waals surface area contributed by atoms with Crippen molar-refractivity contribution in [2.24, 2.45) is 13.0 Å². The van der Waals surface area contributed by atoms with Gasteiger partial charge < -0.3 is 15.2 Å². The fourth-order valence-electron chi connectivity index (χ4n) is 2.67. The number of aromatic nitrogens is 2. The Kier molecular flexibility index (Phi) is 4.73. The molecule has 0 radical (unpaired) electrons. The smallest absolute Gasteiger partial charge is 0.233 e. The number of amides is 1. The summed E-state index contributed by atoms with van der Waals surface area (Å²) >= 11 is 0. The lowest BCUT2D eigenvalue weighted by Gasteiger charge is -2.06. The molecule has 118 valence electrons. The zero-order valence-corrected chi connectivity index (χ0v) is 13.1. The predicted octanol–water partition coefficient (Wildman–Crippen LogP) is 1.62. The topological polar surface area (TPSA) is 59.0 Å². The third-order valence-corrected chi connectivity index (χ3v) is 4.19. The maximum atomic E-state index is 11.7. The van der Waals surface area contributed by atoms with E-state index in [1.54, 1.807) is 0 Å². The highest BCUT2D eigenvalue weighted by Gasteiger charge is 2.20. The highest BCUT2D eigenvalue weighted by atomic mass is 16.1. The fraction of sp³-hybridized carbons (Fsp3) is 0.529. The molecule has 0 spiro atoms. The van der Waals surface area contributed by atoms with Crippen molar-refractivity contribution in [2.75, 3.05) is 19.6 Å². The SMILES string of the molecule is Cn1c(CCCNC(=O)CNCC2CC2)nc2ccccc21. The van der Waals surface area contributed by atoms with Crippen molar-refractivity contribution in [3.63, 3.8) is 0 Å². The zero-order chi connectivity index (χ0) is 15.4. The van der Waals surface area contributed by atoms with E-state index in [2.05, 4.69) is 26.3 Å². The summed E-state index contributed by atoms with van der Waals surface area (Å²) in [7, 11) is 2.05. The van der Waals surface area contributed by atoms with Gasteiger partial charge in [-0.3, -0.25) is 4.79 Å². The molecule has 0 unspecified atom stereocenters. The molecule has 0 saturated heterocycles. The summed E-state index contributed by atoms with van der Waals surface area (Å²) in [5, 5.41) is 6.17. The average Bonchev–Trinajstić information content (AvgIpc) is 3.29. The van der Waals surface area contributed by atoms with Gasteiger partial charge in [-0.15, -0.1) is 0 Å². The third-order valence-electron chi connectivity index (χ3n) is 4.19. The van der Waals surface area contributed by atoms with Crippen LogP contribution in [-0.4, -0.2) is 35.1 Å². The minimum absolute atomic E-state index is 0.0886. The number of nitrogens with one attached hydrogen (secondary N) is 2. The lowest BCUT2D eigenvalue weighted by molar-refractivity contribution is -0.120. The van der Waals surface area contributed by atoms with E-state index in [-0.39, 0.29) is 5.91 Å². The van der Waals surface area contributed by atoms with Gasteiger partial charge in [0.05, 0.1) is 17.6 Å². The lowest BCUT2D eigenvalue weighted by Crippen LogP contribution is -2.35. The summed E-state index contributed by atoms with van der Waals surface area (Å²) in [6.07, 6.45) is 4.41. The number of carbonyl (C=O) groups excluding carboxylic acids is 1. The van der Waals surface area contributed by atoms with Crippen LogP contribution in [0, 0.1) is 5.92 Å². The predicted molar refractivity (Wildman–Crippen MR) is 87.6 cm³/mol. The Morgan fingerprint density at radius 1 is 1.36 bits per heavy atom. The van der Waals surface area contributed by atoms with Crippen molar-refractivity contribution in [1.29, 1.82) is 0 Å². The van der Waals surface area contributed by atoms with Crippen LogP contribution in [0.4, 0.5) is 0 Å². The molecule has 1 aromatic heterocycles. The minimum Gasteiger partial charge on any atom is -0.355 e. The number of rotatable bonds is 8. The molecule has 5 nitrogen and oxygen atoms in total. The van der Waals surface area contributed by atoms with Crippen molar-refractivity contribution < 1.29 is 4.79 Å². The van der Waals surface area contributed by atoms with Gasteiger partial charge in [0.2, 0.25) is 5.91 Å². The number of aryl methyl sites for hydroxylation is 2. The van der Waals surface area contributed by atoms with Gasteiger partial charge in [0, 0.05) is 20.0 Å². The molecule has 1 heterocycles. The molecule has 0 bridgehead atoms. The Labute approximate surface area is 131 Å². The van der Waals surface area contributed by atoms with Gasteiger partial charge in [-0.1, -0.05) is 12.1 Å². The molecule has 1 saturated carbocycles. The van der Waals surface area contributed by atoms with E-state index in [1.165, 1.54) is 12.8 Å². The van der Waals surface area contributed by atoms with E-state index in [0.29, 0.717) is 13.1 Å². The zero-order valence-electron chi connectivity index (χ0n) is 13.1. The Morgan fingerprint density at radius 2 is 2.18 bits per heavy atom. The number of carbonyl (C=O) groups is 1. The highest BCUT2D eigenvalue weighted by molar-refractivity contribution is 5.78. The van der Waals surface area contributed by atoms with Crippen molar-refractivity contribution in [2.45, 2.75) is 25.7 Å². The van der Waals surface area contributed by atoms with Crippen LogP contribution in [-0.2, 0) is 18.3 Å². The first kappa shape index (κ1) is 15.0. The maximum absolute atomic E-state index is 11.7. The Bertz CT molecular complexity index is 645. The summed E-state index contributed by atoms with van der Waals surface area (Å²) in [6.45, 7) is 2.11. The molecule has 3 rings (SSSR count). The maximum Gasteiger partial charge on any atom is 0.233 e. The molecular formula is C17H24N4O. The van der Waals surface area contributed by atoms with Gasteiger partial charge in [-0.2, -0.15) is 0 Å². The van der Waals surface area contributed by atoms with Crippen LogP contribution in [0.3, 0.4) is 0 Å². The van der Waals surface area contributed by atoms with E-state index < -0.39 is 0 Å². The highest BCUT2D eigenvalue weighted by Crippen LogP contribution is 2.27. The Hall–Kier alpha value is -1.88. The molecule has 2 N–H and O–H groups in total. The van der Waals surface area contributed by atoms with Crippen molar-refractivity contribution in [1.82, 2.24) is 20.2 Å². The summed E-state index contributed by atoms with van der Waals surface area (Å²) in [6, 6.07) is 8.15. The number of benzene rings is 1. The number of nitrogens with zero attached hydrogens (tertiary/aromatic N) is 2. The van der Waals surface area contributed by atoms with Crippen LogP contribution in [0.1, 0.15) is 25.1 Å². The molecule has 5 heteroatoms. The monoisotopic (exact) mass is 300 g/mol. The van der Waals surface area contributed by atoms with Gasteiger partial charge in [-0.25, -0.2) is 4.98 Å². The minimum atomic E-state index is 0.0886. The first-order chi connectivity index (χ1) is 10.7. The summed E-state index contributed by atoms with van der Waals surface area (Å²) in [5.41, 5.74) is 2.19. The second kappa shape index (κ2) is 6.92. The first-order valence-corrected chi connectivity index (χ1v) is 8.12. The van der Waals surface area contributed by atoms with Crippen molar-refractivity contribution in [3.8, 4) is 0 Å². The molecule has 1 fully saturated rings. The average molecular weight is 300 g/mol. The van der Waals surface area contributed by atoms with Crippen LogP contribution in [0.15, 0.2) is 24.3 Å². The van der Waals surface area contributed by atoms with Crippen LogP contribution >= 0.6 is 0 Å². The molecule has 0 aliphatic heterocycles. The van der Waals surface area contributed by atoms with Gasteiger partial charge in [0.25, 0.3) is 0 Å². The second-order valence-corrected chi connectivity index (χ2v) is 6.10. The van der Waals surface area contributed by atoms with Gasteiger partial charge >= 0.3 is 0 Å². The molecule has 22 heavy (non-hydrogen) atoms. The number of para-hydroxylation sites is 2. The Balaban J connectivity index is 1.38. The standard InChI is InChI=1S/C17H24N4O/c1-21-15-6-3-2-5-14(15)20-16(21)7-4-10-19-17(22)12-18-11-13-8-9-13/h2-3,5-6,13,18H,4,7-12H2,1H3,(H,19,22). The molecule has 1 aromatic carbocycles. The largest absolute Gasteiger partial charge is 0.355 e. The molecular weight excluding hydrogens is 276 g/mol. The van der Waals surface area contributed by atoms with E-state index in [9.17, 15) is 4.79 Å². The molecule has 1 aliphatic carbocycles. The molecule has 2 aromatic rings. The Morgan fingerprint density at radius 3 is 2.95 bits per heavy atom. The summed E-state index contributed by atoms with van der Waals surface area (Å²) in [5.74, 6) is 1.97. The number of hydrogen-bond donors (Lipinski definition) is 2. The van der Waals surface area contributed by atoms with Gasteiger partial charge in [0.1, 0.15) is 5.82 Å². The molecule has 1 aliphatic rings. The quantitative estimate of drug-likeness (QED) is 0.728. The summed E-state index contributed by atoms with van der Waals surface area (Å²) in [4.78, 5) is 16.3. The van der Waals surface area contributed by atoms with Crippen LogP contribution in [0.5, 0.6) is 0 Å². The molecule has 0 atom stereocenters.